The SMILES string of the molecule is CCC(CC)NS(=O)(=O)c1ccc(C)cc1Br. The van der Waals surface area contributed by atoms with Gasteiger partial charge in [0.1, 0.15) is 0 Å². The van der Waals surface area contributed by atoms with Gasteiger partial charge in [-0.2, -0.15) is 0 Å². The third kappa shape index (κ3) is 3.79. The molecule has 1 aromatic carbocycles. The first-order valence-corrected chi connectivity index (χ1v) is 7.96. The number of rotatable bonds is 5. The third-order valence-electron chi connectivity index (χ3n) is 2.68. The number of nitrogens with one attached hydrogen (secondary N) is 1. The van der Waals surface area contributed by atoms with Gasteiger partial charge in [-0.15, -0.1) is 0 Å². The average molecular weight is 320 g/mol. The van der Waals surface area contributed by atoms with E-state index in [0.29, 0.717) is 9.37 Å². The van der Waals surface area contributed by atoms with Crippen LogP contribution in [0.1, 0.15) is 32.3 Å². The summed E-state index contributed by atoms with van der Waals surface area (Å²) in [6, 6.07) is 5.23. The number of hydrogen-bond donors (Lipinski definition) is 1. The van der Waals surface area contributed by atoms with Gasteiger partial charge in [-0.3, -0.25) is 0 Å². The summed E-state index contributed by atoms with van der Waals surface area (Å²) in [7, 11) is -3.43. The third-order valence-corrected chi connectivity index (χ3v) is 5.18. The van der Waals surface area contributed by atoms with Crippen LogP contribution < -0.4 is 4.72 Å². The Hall–Kier alpha value is -0.390. The zero-order chi connectivity index (χ0) is 13.1. The summed E-state index contributed by atoms with van der Waals surface area (Å²) in [5.74, 6) is 0. The maximum absolute atomic E-state index is 12.2. The number of hydrogen-bond acceptors (Lipinski definition) is 2. The molecule has 0 aliphatic heterocycles. The van der Waals surface area contributed by atoms with E-state index in [9.17, 15) is 8.42 Å². The van der Waals surface area contributed by atoms with Crippen LogP contribution in [0.5, 0.6) is 0 Å². The number of benzene rings is 1. The number of aryl methyl sites for hydroxylation is 1. The largest absolute Gasteiger partial charge is 0.241 e. The zero-order valence-corrected chi connectivity index (χ0v) is 12.7. The first-order valence-electron chi connectivity index (χ1n) is 5.69. The monoisotopic (exact) mass is 319 g/mol. The van der Waals surface area contributed by atoms with Crippen molar-refractivity contribution in [2.45, 2.75) is 44.6 Å². The molecule has 0 aliphatic carbocycles. The van der Waals surface area contributed by atoms with Crippen LogP contribution in [0.3, 0.4) is 0 Å². The Morgan fingerprint density at radius 2 is 1.88 bits per heavy atom. The van der Waals surface area contributed by atoms with Crippen molar-refractivity contribution >= 4 is 26.0 Å². The van der Waals surface area contributed by atoms with E-state index in [1.165, 1.54) is 0 Å². The molecule has 0 spiro atoms. The minimum Gasteiger partial charge on any atom is -0.208 e. The number of halogens is 1. The van der Waals surface area contributed by atoms with Crippen LogP contribution >= 0.6 is 15.9 Å². The summed E-state index contributed by atoms with van der Waals surface area (Å²) in [6.07, 6.45) is 1.58. The van der Waals surface area contributed by atoms with E-state index >= 15 is 0 Å². The molecule has 0 saturated heterocycles. The van der Waals surface area contributed by atoms with Gasteiger partial charge in [-0.1, -0.05) is 19.9 Å². The predicted molar refractivity (Wildman–Crippen MR) is 73.6 cm³/mol. The standard InChI is InChI=1S/C12H18BrNO2S/c1-4-10(5-2)14-17(15,16)12-7-6-9(3)8-11(12)13/h6-8,10,14H,4-5H2,1-3H3. The van der Waals surface area contributed by atoms with Crippen molar-refractivity contribution in [2.75, 3.05) is 0 Å². The van der Waals surface area contributed by atoms with Gasteiger partial charge in [0, 0.05) is 10.5 Å². The van der Waals surface area contributed by atoms with Crippen LogP contribution in [0.2, 0.25) is 0 Å². The Morgan fingerprint density at radius 3 is 2.35 bits per heavy atom. The summed E-state index contributed by atoms with van der Waals surface area (Å²) in [6.45, 7) is 5.87. The minimum atomic E-state index is -3.43. The van der Waals surface area contributed by atoms with Gasteiger partial charge in [0.15, 0.2) is 0 Å². The summed E-state index contributed by atoms with van der Waals surface area (Å²) < 4.78 is 27.6. The highest BCUT2D eigenvalue weighted by atomic mass is 79.9. The van der Waals surface area contributed by atoms with Crippen molar-refractivity contribution in [2.24, 2.45) is 0 Å². The van der Waals surface area contributed by atoms with Crippen LogP contribution in [0.15, 0.2) is 27.6 Å². The fourth-order valence-electron chi connectivity index (χ4n) is 1.56. The molecule has 0 aliphatic rings. The molecule has 0 heterocycles. The van der Waals surface area contributed by atoms with Crippen molar-refractivity contribution in [3.05, 3.63) is 28.2 Å². The minimum absolute atomic E-state index is 0.00629. The lowest BCUT2D eigenvalue weighted by molar-refractivity contribution is 0.530. The molecule has 0 aromatic heterocycles. The summed E-state index contributed by atoms with van der Waals surface area (Å²) >= 11 is 3.30. The topological polar surface area (TPSA) is 46.2 Å². The van der Waals surface area contributed by atoms with Gasteiger partial charge < -0.3 is 0 Å². The molecule has 0 amide bonds. The van der Waals surface area contributed by atoms with Gasteiger partial charge in [-0.05, 0) is 53.4 Å². The summed E-state index contributed by atoms with van der Waals surface area (Å²) in [4.78, 5) is 0.301. The lowest BCUT2D eigenvalue weighted by Gasteiger charge is -2.15. The molecular formula is C12H18BrNO2S. The fraction of sp³-hybridized carbons (Fsp3) is 0.500. The summed E-state index contributed by atoms with van der Waals surface area (Å²) in [5, 5.41) is 0. The van der Waals surface area contributed by atoms with Crippen molar-refractivity contribution in [3.63, 3.8) is 0 Å². The van der Waals surface area contributed by atoms with Crippen molar-refractivity contribution in [1.29, 1.82) is 0 Å². The van der Waals surface area contributed by atoms with E-state index in [1.807, 2.05) is 26.8 Å². The van der Waals surface area contributed by atoms with E-state index in [-0.39, 0.29) is 6.04 Å². The Kier molecular flexibility index (Phi) is 5.16. The van der Waals surface area contributed by atoms with Crippen LogP contribution in [-0.4, -0.2) is 14.5 Å². The molecule has 0 radical (unpaired) electrons. The van der Waals surface area contributed by atoms with E-state index in [2.05, 4.69) is 20.7 Å². The highest BCUT2D eigenvalue weighted by Crippen LogP contribution is 2.23. The van der Waals surface area contributed by atoms with E-state index < -0.39 is 10.0 Å². The first-order chi connectivity index (χ1) is 7.90. The molecule has 0 bridgehead atoms. The van der Waals surface area contributed by atoms with Gasteiger partial charge >= 0.3 is 0 Å². The van der Waals surface area contributed by atoms with E-state index in [1.54, 1.807) is 12.1 Å². The van der Waals surface area contributed by atoms with Crippen LogP contribution in [0, 0.1) is 6.92 Å². The quantitative estimate of drug-likeness (QED) is 0.905. The second-order valence-corrected chi connectivity index (χ2v) is 6.61. The van der Waals surface area contributed by atoms with Gasteiger partial charge in [-0.25, -0.2) is 13.1 Å². The molecule has 0 atom stereocenters. The lowest BCUT2D eigenvalue weighted by atomic mass is 10.2. The van der Waals surface area contributed by atoms with Gasteiger partial charge in [0.05, 0.1) is 4.90 Å². The van der Waals surface area contributed by atoms with E-state index in [0.717, 1.165) is 18.4 Å². The lowest BCUT2D eigenvalue weighted by Crippen LogP contribution is -2.34. The maximum atomic E-state index is 12.2. The molecule has 0 unspecified atom stereocenters. The molecule has 0 saturated carbocycles. The van der Waals surface area contributed by atoms with Gasteiger partial charge in [0.2, 0.25) is 10.0 Å². The fourth-order valence-corrected chi connectivity index (χ4v) is 4.16. The molecule has 1 rings (SSSR count). The van der Waals surface area contributed by atoms with Crippen molar-refractivity contribution in [1.82, 2.24) is 4.72 Å². The molecule has 17 heavy (non-hydrogen) atoms. The molecule has 0 fully saturated rings. The van der Waals surface area contributed by atoms with Crippen molar-refractivity contribution < 1.29 is 8.42 Å². The second-order valence-electron chi connectivity index (χ2n) is 4.07. The van der Waals surface area contributed by atoms with Crippen LogP contribution in [-0.2, 0) is 10.0 Å². The summed E-state index contributed by atoms with van der Waals surface area (Å²) in [5.41, 5.74) is 1.03. The first kappa shape index (κ1) is 14.7. The van der Waals surface area contributed by atoms with E-state index in [4.69, 9.17) is 0 Å². The van der Waals surface area contributed by atoms with Crippen molar-refractivity contribution in [3.8, 4) is 0 Å². The highest BCUT2D eigenvalue weighted by Gasteiger charge is 2.20. The Morgan fingerprint density at radius 1 is 1.29 bits per heavy atom. The molecule has 1 N–H and O–H groups in total. The molecule has 1 aromatic rings. The zero-order valence-electron chi connectivity index (χ0n) is 10.3. The second kappa shape index (κ2) is 5.98. The highest BCUT2D eigenvalue weighted by molar-refractivity contribution is 9.10. The Labute approximate surface area is 112 Å². The average Bonchev–Trinajstić information content (AvgIpc) is 2.25. The maximum Gasteiger partial charge on any atom is 0.241 e. The van der Waals surface area contributed by atoms with Crippen LogP contribution in [0.25, 0.3) is 0 Å². The Bertz CT molecular complexity index is 481. The van der Waals surface area contributed by atoms with Crippen LogP contribution in [0.4, 0.5) is 0 Å². The molecular weight excluding hydrogens is 302 g/mol. The van der Waals surface area contributed by atoms with Gasteiger partial charge in [0.25, 0.3) is 0 Å². The molecule has 96 valence electrons. The predicted octanol–water partition coefficient (Wildman–Crippen LogP) is 3.22. The molecule has 3 nitrogen and oxygen atoms in total. The Balaban J connectivity index is 3.05. The molecule has 5 heteroatoms. The normalized spacial score (nSPS) is 12.1. The number of sulfonamides is 1. The smallest absolute Gasteiger partial charge is 0.208 e.